The molecular weight excluding hydrogens is 154 g/mol. The van der Waals surface area contributed by atoms with Crippen LogP contribution in [0.4, 0.5) is 5.82 Å². The Morgan fingerprint density at radius 2 is 2.42 bits per heavy atom. The van der Waals surface area contributed by atoms with Crippen molar-refractivity contribution in [2.24, 2.45) is 0 Å². The highest BCUT2D eigenvalue weighted by Crippen LogP contribution is 1.96. The van der Waals surface area contributed by atoms with E-state index in [2.05, 4.69) is 15.8 Å². The number of rotatable bonds is 2. The minimum atomic E-state index is -0.527. The number of hydrogen-bond donors (Lipinski definition) is 2. The summed E-state index contributed by atoms with van der Waals surface area (Å²) in [5.74, 6) is 1.91. The Morgan fingerprint density at radius 1 is 1.58 bits per heavy atom. The van der Waals surface area contributed by atoms with Gasteiger partial charge in [0.05, 0.1) is 0 Å². The molecule has 1 amide bonds. The Balaban J connectivity index is 2.45. The highest BCUT2D eigenvalue weighted by molar-refractivity contribution is 5.93. The molecule has 0 saturated heterocycles. The predicted molar refractivity (Wildman–Crippen MR) is 44.8 cm³/mol. The molecule has 0 radical (unpaired) electrons. The van der Waals surface area contributed by atoms with Crippen LogP contribution >= 0.6 is 0 Å². The van der Waals surface area contributed by atoms with Gasteiger partial charge in [-0.25, -0.2) is 4.98 Å². The van der Waals surface area contributed by atoms with Gasteiger partial charge in [0.2, 0.25) is 0 Å². The number of hydrazine groups is 1. The van der Waals surface area contributed by atoms with E-state index in [1.54, 1.807) is 24.4 Å². The lowest BCUT2D eigenvalue weighted by Gasteiger charge is -2.02. The standard InChI is InChI=1S/C8H7N3O/c1-2-8(12)11-10-7-5-3-4-6-9-7/h1,3-6H,(H,9,10)(H,11,12). The van der Waals surface area contributed by atoms with Crippen molar-refractivity contribution in [3.05, 3.63) is 24.4 Å². The summed E-state index contributed by atoms with van der Waals surface area (Å²) in [6, 6.07) is 5.27. The van der Waals surface area contributed by atoms with Crippen molar-refractivity contribution in [1.82, 2.24) is 10.4 Å². The predicted octanol–water partition coefficient (Wildman–Crippen LogP) is 0.158. The highest BCUT2D eigenvalue weighted by atomic mass is 16.2. The van der Waals surface area contributed by atoms with Gasteiger partial charge in [-0.2, -0.15) is 0 Å². The molecule has 0 fully saturated rings. The van der Waals surface area contributed by atoms with Gasteiger partial charge < -0.3 is 0 Å². The number of nitrogens with one attached hydrogen (secondary N) is 2. The first-order valence-corrected chi connectivity index (χ1v) is 3.26. The largest absolute Gasteiger partial charge is 0.314 e. The Labute approximate surface area is 70.0 Å². The molecule has 0 aliphatic heterocycles. The van der Waals surface area contributed by atoms with E-state index < -0.39 is 5.91 Å². The van der Waals surface area contributed by atoms with Crippen molar-refractivity contribution in [3.8, 4) is 12.3 Å². The molecule has 2 N–H and O–H groups in total. The Morgan fingerprint density at radius 3 is 3.00 bits per heavy atom. The molecule has 0 aliphatic carbocycles. The van der Waals surface area contributed by atoms with Gasteiger partial charge in [-0.15, -0.1) is 6.42 Å². The van der Waals surface area contributed by atoms with Gasteiger partial charge in [0.1, 0.15) is 5.82 Å². The van der Waals surface area contributed by atoms with Crippen LogP contribution in [0.15, 0.2) is 24.4 Å². The molecule has 0 spiro atoms. The summed E-state index contributed by atoms with van der Waals surface area (Å²) in [5.41, 5.74) is 4.80. The quantitative estimate of drug-likeness (QED) is 0.479. The van der Waals surface area contributed by atoms with Crippen LogP contribution < -0.4 is 10.9 Å². The lowest BCUT2D eigenvalue weighted by atomic mass is 10.5. The molecule has 0 saturated carbocycles. The molecule has 0 atom stereocenters. The number of carbonyl (C=O) groups is 1. The van der Waals surface area contributed by atoms with Crippen LogP contribution in [-0.4, -0.2) is 10.9 Å². The molecule has 1 rings (SSSR count). The smallest absolute Gasteiger partial charge is 0.281 e. The lowest BCUT2D eigenvalue weighted by Crippen LogP contribution is -2.28. The minimum Gasteiger partial charge on any atom is -0.281 e. The summed E-state index contributed by atoms with van der Waals surface area (Å²) in [4.78, 5) is 14.4. The fraction of sp³-hybridized carbons (Fsp3) is 0. The van der Waals surface area contributed by atoms with E-state index in [4.69, 9.17) is 6.42 Å². The molecule has 4 heteroatoms. The third-order valence-electron chi connectivity index (χ3n) is 1.10. The third-order valence-corrected chi connectivity index (χ3v) is 1.10. The maximum Gasteiger partial charge on any atom is 0.314 e. The fourth-order valence-corrected chi connectivity index (χ4v) is 0.594. The van der Waals surface area contributed by atoms with E-state index in [9.17, 15) is 4.79 Å². The number of aromatic nitrogens is 1. The number of anilines is 1. The maximum absolute atomic E-state index is 10.5. The van der Waals surface area contributed by atoms with E-state index in [1.165, 1.54) is 0 Å². The molecule has 0 aliphatic rings. The van der Waals surface area contributed by atoms with Crippen molar-refractivity contribution in [3.63, 3.8) is 0 Å². The molecule has 1 heterocycles. The number of nitrogens with zero attached hydrogens (tertiary/aromatic N) is 1. The number of hydrogen-bond acceptors (Lipinski definition) is 3. The minimum absolute atomic E-state index is 0.527. The van der Waals surface area contributed by atoms with Crippen LogP contribution in [0, 0.1) is 12.3 Å². The number of pyridine rings is 1. The number of terminal acetylenes is 1. The van der Waals surface area contributed by atoms with Crippen molar-refractivity contribution < 1.29 is 4.79 Å². The van der Waals surface area contributed by atoms with E-state index in [0.29, 0.717) is 5.82 Å². The zero-order valence-electron chi connectivity index (χ0n) is 6.24. The van der Waals surface area contributed by atoms with Gasteiger partial charge in [-0.05, 0) is 18.1 Å². The highest BCUT2D eigenvalue weighted by Gasteiger charge is 1.92. The van der Waals surface area contributed by atoms with Gasteiger partial charge in [0.15, 0.2) is 0 Å². The first-order chi connectivity index (χ1) is 5.83. The fourth-order valence-electron chi connectivity index (χ4n) is 0.594. The summed E-state index contributed by atoms with van der Waals surface area (Å²) in [6.45, 7) is 0. The van der Waals surface area contributed by atoms with Crippen molar-refractivity contribution >= 4 is 11.7 Å². The number of amides is 1. The molecule has 1 aromatic rings. The normalized spacial score (nSPS) is 8.25. The zero-order chi connectivity index (χ0) is 8.81. The molecule has 12 heavy (non-hydrogen) atoms. The Bertz CT molecular complexity index is 302. The molecule has 0 bridgehead atoms. The van der Waals surface area contributed by atoms with Gasteiger partial charge in [0.25, 0.3) is 0 Å². The topological polar surface area (TPSA) is 54.0 Å². The summed E-state index contributed by atoms with van der Waals surface area (Å²) >= 11 is 0. The summed E-state index contributed by atoms with van der Waals surface area (Å²) in [6.07, 6.45) is 6.42. The van der Waals surface area contributed by atoms with Crippen molar-refractivity contribution in [2.75, 3.05) is 5.43 Å². The van der Waals surface area contributed by atoms with E-state index in [0.717, 1.165) is 0 Å². The van der Waals surface area contributed by atoms with Crippen LogP contribution in [0.25, 0.3) is 0 Å². The van der Waals surface area contributed by atoms with E-state index >= 15 is 0 Å². The summed E-state index contributed by atoms with van der Waals surface area (Å²) in [5, 5.41) is 0. The average molecular weight is 161 g/mol. The molecule has 1 aromatic heterocycles. The molecule has 0 aromatic carbocycles. The molecule has 60 valence electrons. The molecule has 4 nitrogen and oxygen atoms in total. The van der Waals surface area contributed by atoms with Gasteiger partial charge in [-0.1, -0.05) is 6.07 Å². The zero-order valence-corrected chi connectivity index (χ0v) is 6.24. The monoisotopic (exact) mass is 161 g/mol. The molecular formula is C8H7N3O. The second-order valence-corrected chi connectivity index (χ2v) is 1.94. The molecule has 0 unspecified atom stereocenters. The van der Waals surface area contributed by atoms with Crippen LogP contribution in [0.5, 0.6) is 0 Å². The second kappa shape index (κ2) is 3.98. The van der Waals surface area contributed by atoms with Crippen LogP contribution in [0.2, 0.25) is 0 Å². The van der Waals surface area contributed by atoms with Gasteiger partial charge in [-0.3, -0.25) is 15.6 Å². The number of carbonyl (C=O) groups excluding carboxylic acids is 1. The van der Waals surface area contributed by atoms with Crippen LogP contribution in [-0.2, 0) is 4.79 Å². The maximum atomic E-state index is 10.5. The SMILES string of the molecule is C#CC(=O)NNc1ccccn1. The summed E-state index contributed by atoms with van der Waals surface area (Å²) in [7, 11) is 0. The van der Waals surface area contributed by atoms with Gasteiger partial charge in [0, 0.05) is 6.20 Å². The third kappa shape index (κ3) is 2.31. The average Bonchev–Trinajstić information content (AvgIpc) is 2.16. The first-order valence-electron chi connectivity index (χ1n) is 3.26. The lowest BCUT2D eigenvalue weighted by molar-refractivity contribution is -0.115. The van der Waals surface area contributed by atoms with Crippen molar-refractivity contribution in [2.45, 2.75) is 0 Å². The Hall–Kier alpha value is -2.02. The van der Waals surface area contributed by atoms with Gasteiger partial charge >= 0.3 is 5.91 Å². The second-order valence-electron chi connectivity index (χ2n) is 1.94. The van der Waals surface area contributed by atoms with Crippen LogP contribution in [0.3, 0.4) is 0 Å². The van der Waals surface area contributed by atoms with Crippen molar-refractivity contribution in [1.29, 1.82) is 0 Å². The van der Waals surface area contributed by atoms with Crippen LogP contribution in [0.1, 0.15) is 0 Å². The summed E-state index contributed by atoms with van der Waals surface area (Å²) < 4.78 is 0. The van der Waals surface area contributed by atoms with E-state index in [-0.39, 0.29) is 0 Å². The first kappa shape index (κ1) is 8.08. The Kier molecular flexibility index (Phi) is 2.68. The van der Waals surface area contributed by atoms with E-state index in [1.807, 2.05) is 5.92 Å².